The van der Waals surface area contributed by atoms with Gasteiger partial charge in [0.05, 0.1) is 11.3 Å². The van der Waals surface area contributed by atoms with Crippen LogP contribution in [-0.2, 0) is 16.6 Å². The number of benzene rings is 2. The minimum Gasteiger partial charge on any atom is -0.452 e. The zero-order chi connectivity index (χ0) is 17.8. The quantitative estimate of drug-likeness (QED) is 0.561. The molecule has 0 aliphatic carbocycles. The van der Waals surface area contributed by atoms with Crippen molar-refractivity contribution in [3.8, 4) is 0 Å². The number of carbonyl (C=O) groups excluding carboxylic acids is 2. The number of hydrogen-bond donors (Lipinski definition) is 1. The van der Waals surface area contributed by atoms with E-state index in [4.69, 9.17) is 4.74 Å². The van der Waals surface area contributed by atoms with Crippen LogP contribution in [0.25, 0.3) is 10.9 Å². The van der Waals surface area contributed by atoms with E-state index < -0.39 is 5.97 Å². The zero-order valence-corrected chi connectivity index (χ0v) is 14.8. The molecule has 0 radical (unpaired) electrons. The van der Waals surface area contributed by atoms with Crippen LogP contribution < -0.4 is 5.32 Å². The summed E-state index contributed by atoms with van der Waals surface area (Å²) in [5.74, 6) is -0.875. The zero-order valence-electron chi connectivity index (χ0n) is 14.0. The molecule has 1 aromatic heterocycles. The summed E-state index contributed by atoms with van der Waals surface area (Å²) in [6.07, 6.45) is 3.65. The van der Waals surface area contributed by atoms with Gasteiger partial charge in [-0.25, -0.2) is 4.79 Å². The van der Waals surface area contributed by atoms with Crippen LogP contribution in [0, 0.1) is 0 Å². The molecule has 1 amide bonds. The Morgan fingerprint density at radius 1 is 1.12 bits per heavy atom. The van der Waals surface area contributed by atoms with Crippen LogP contribution in [-0.4, -0.2) is 29.3 Å². The van der Waals surface area contributed by atoms with E-state index in [1.165, 1.54) is 11.8 Å². The third-order valence-electron chi connectivity index (χ3n) is 3.83. The molecule has 0 saturated carbocycles. The number of nitrogens with one attached hydrogen (secondary N) is 1. The fraction of sp³-hybridized carbons (Fsp3) is 0.158. The van der Waals surface area contributed by atoms with Crippen LogP contribution in [0.5, 0.6) is 0 Å². The minimum absolute atomic E-state index is 0.329. The molecule has 0 aliphatic heterocycles. The third-order valence-corrected chi connectivity index (χ3v) is 4.63. The summed E-state index contributed by atoms with van der Waals surface area (Å²) in [7, 11) is 1.87. The number of amides is 1. The Hall–Kier alpha value is -2.73. The highest BCUT2D eigenvalue weighted by Crippen LogP contribution is 2.24. The van der Waals surface area contributed by atoms with Crippen LogP contribution in [0.2, 0.25) is 0 Å². The molecule has 0 atom stereocenters. The average Bonchev–Trinajstić information content (AvgIpc) is 2.97. The fourth-order valence-electron chi connectivity index (χ4n) is 2.65. The highest BCUT2D eigenvalue weighted by atomic mass is 32.2. The first-order chi connectivity index (χ1) is 12.1. The minimum atomic E-state index is -0.509. The van der Waals surface area contributed by atoms with E-state index in [9.17, 15) is 9.59 Å². The predicted molar refractivity (Wildman–Crippen MR) is 100 cm³/mol. The fourth-order valence-corrected chi connectivity index (χ4v) is 3.20. The summed E-state index contributed by atoms with van der Waals surface area (Å²) in [4.78, 5) is 25.4. The third kappa shape index (κ3) is 3.69. The second kappa shape index (κ2) is 7.44. The van der Waals surface area contributed by atoms with Crippen LogP contribution >= 0.6 is 11.8 Å². The lowest BCUT2D eigenvalue weighted by molar-refractivity contribution is -0.119. The molecule has 2 aromatic carbocycles. The van der Waals surface area contributed by atoms with Crippen molar-refractivity contribution in [1.29, 1.82) is 0 Å². The van der Waals surface area contributed by atoms with E-state index in [2.05, 4.69) is 5.32 Å². The van der Waals surface area contributed by atoms with Crippen molar-refractivity contribution in [3.05, 3.63) is 60.3 Å². The number of nitrogens with zero attached hydrogens (tertiary/aromatic N) is 1. The molecule has 128 valence electrons. The molecular formula is C19H18N2O3S. The van der Waals surface area contributed by atoms with Crippen LogP contribution in [0.4, 0.5) is 5.69 Å². The second-order valence-corrected chi connectivity index (χ2v) is 6.34. The Bertz CT molecular complexity index is 933. The van der Waals surface area contributed by atoms with Crippen molar-refractivity contribution in [2.75, 3.05) is 18.2 Å². The molecule has 3 rings (SSSR count). The summed E-state index contributed by atoms with van der Waals surface area (Å²) >= 11 is 1.54. The number of anilines is 1. The molecule has 6 heteroatoms. The number of hydrogen-bond acceptors (Lipinski definition) is 4. The van der Waals surface area contributed by atoms with Crippen LogP contribution in [0.1, 0.15) is 10.4 Å². The van der Waals surface area contributed by atoms with Gasteiger partial charge in [-0.2, -0.15) is 0 Å². The van der Waals surface area contributed by atoms with Crippen molar-refractivity contribution >= 4 is 40.2 Å². The molecule has 1 heterocycles. The number of ether oxygens (including phenoxy) is 1. The number of carbonyl (C=O) groups is 2. The molecule has 0 fully saturated rings. The molecule has 0 saturated heterocycles. The van der Waals surface area contributed by atoms with Gasteiger partial charge in [-0.3, -0.25) is 4.79 Å². The first-order valence-corrected chi connectivity index (χ1v) is 8.96. The molecule has 0 aliphatic rings. The van der Waals surface area contributed by atoms with Gasteiger partial charge in [0, 0.05) is 29.0 Å². The molecule has 0 bridgehead atoms. The SMILES string of the molecule is CSc1ccccc1NC(=O)COC(=O)c1cn(C)c2ccccc12. The van der Waals surface area contributed by atoms with E-state index >= 15 is 0 Å². The van der Waals surface area contributed by atoms with Gasteiger partial charge >= 0.3 is 5.97 Å². The van der Waals surface area contributed by atoms with Crippen LogP contribution in [0.15, 0.2) is 59.6 Å². The molecular weight excluding hydrogens is 336 g/mol. The summed E-state index contributed by atoms with van der Waals surface area (Å²) in [5.41, 5.74) is 2.10. The summed E-state index contributed by atoms with van der Waals surface area (Å²) in [5, 5.41) is 3.58. The molecule has 5 nitrogen and oxygen atoms in total. The number of rotatable bonds is 5. The molecule has 0 spiro atoms. The van der Waals surface area contributed by atoms with Crippen LogP contribution in [0.3, 0.4) is 0 Å². The van der Waals surface area contributed by atoms with E-state index in [-0.39, 0.29) is 12.5 Å². The van der Waals surface area contributed by atoms with Gasteiger partial charge in [0.25, 0.3) is 5.91 Å². The topological polar surface area (TPSA) is 60.3 Å². The first kappa shape index (κ1) is 17.1. The molecule has 25 heavy (non-hydrogen) atoms. The number of aryl methyl sites for hydroxylation is 1. The van der Waals surface area contributed by atoms with Crippen molar-refractivity contribution in [3.63, 3.8) is 0 Å². The average molecular weight is 354 g/mol. The van der Waals surface area contributed by atoms with Gasteiger partial charge in [0.2, 0.25) is 0 Å². The Labute approximate surface area is 150 Å². The van der Waals surface area contributed by atoms with Gasteiger partial charge < -0.3 is 14.6 Å². The summed E-state index contributed by atoms with van der Waals surface area (Å²) < 4.78 is 7.05. The number of fused-ring (bicyclic) bond motifs is 1. The Balaban J connectivity index is 1.66. The lowest BCUT2D eigenvalue weighted by Crippen LogP contribution is -2.21. The maximum absolute atomic E-state index is 12.3. The largest absolute Gasteiger partial charge is 0.452 e. The summed E-state index contributed by atoms with van der Waals surface area (Å²) in [6.45, 7) is -0.329. The normalized spacial score (nSPS) is 10.6. The lowest BCUT2D eigenvalue weighted by atomic mass is 10.2. The number of aromatic nitrogens is 1. The van der Waals surface area contributed by atoms with Gasteiger partial charge in [-0.05, 0) is 24.5 Å². The maximum atomic E-state index is 12.3. The molecule has 0 unspecified atom stereocenters. The van der Waals surface area contributed by atoms with Crippen molar-refractivity contribution in [1.82, 2.24) is 4.57 Å². The van der Waals surface area contributed by atoms with E-state index in [1.54, 1.807) is 6.20 Å². The monoisotopic (exact) mass is 354 g/mol. The Morgan fingerprint density at radius 3 is 2.64 bits per heavy atom. The van der Waals surface area contributed by atoms with Gasteiger partial charge in [-0.1, -0.05) is 30.3 Å². The summed E-state index contributed by atoms with van der Waals surface area (Å²) in [6, 6.07) is 15.1. The highest BCUT2D eigenvalue weighted by molar-refractivity contribution is 7.98. The van der Waals surface area contributed by atoms with Gasteiger partial charge in [-0.15, -0.1) is 11.8 Å². The van der Waals surface area contributed by atoms with E-state index in [1.807, 2.05) is 66.4 Å². The standard InChI is InChI=1S/C19H18N2O3S/c1-21-11-14(13-7-3-5-9-16(13)21)19(23)24-12-18(22)20-15-8-4-6-10-17(15)25-2/h3-11H,12H2,1-2H3,(H,20,22). The first-order valence-electron chi connectivity index (χ1n) is 7.74. The smallest absolute Gasteiger partial charge is 0.340 e. The number of thioether (sulfide) groups is 1. The highest BCUT2D eigenvalue weighted by Gasteiger charge is 2.16. The lowest BCUT2D eigenvalue weighted by Gasteiger charge is -2.09. The van der Waals surface area contributed by atoms with Crippen molar-refractivity contribution < 1.29 is 14.3 Å². The maximum Gasteiger partial charge on any atom is 0.340 e. The molecule has 1 N–H and O–H groups in total. The Kier molecular flexibility index (Phi) is 5.09. The number of para-hydroxylation sites is 2. The Morgan fingerprint density at radius 2 is 1.84 bits per heavy atom. The van der Waals surface area contributed by atoms with Gasteiger partial charge in [0.15, 0.2) is 6.61 Å². The van der Waals surface area contributed by atoms with E-state index in [0.29, 0.717) is 11.3 Å². The molecule has 3 aromatic rings. The predicted octanol–water partition coefficient (Wildman–Crippen LogP) is 3.70. The second-order valence-electron chi connectivity index (χ2n) is 5.50. The van der Waals surface area contributed by atoms with E-state index in [0.717, 1.165) is 15.8 Å². The number of esters is 1. The van der Waals surface area contributed by atoms with Gasteiger partial charge in [0.1, 0.15) is 0 Å². The van der Waals surface area contributed by atoms with Crippen molar-refractivity contribution in [2.45, 2.75) is 4.90 Å². The van der Waals surface area contributed by atoms with Crippen molar-refractivity contribution in [2.24, 2.45) is 7.05 Å².